The molecule has 0 bridgehead atoms. The van der Waals surface area contributed by atoms with Gasteiger partial charge in [-0.05, 0) is 13.0 Å². The molecule has 1 aliphatic rings. The third kappa shape index (κ3) is 3.43. The highest BCUT2D eigenvalue weighted by atomic mass is 16.6. The maximum absolute atomic E-state index is 11.2. The van der Waals surface area contributed by atoms with Crippen molar-refractivity contribution in [3.05, 3.63) is 27.9 Å². The number of hydrogen-bond acceptors (Lipinski definition) is 6. The molecule has 7 nitrogen and oxygen atoms in total. The quantitative estimate of drug-likeness (QED) is 0.630. The molecule has 1 aromatic rings. The number of pyridine rings is 1. The van der Waals surface area contributed by atoms with Crippen LogP contribution in [-0.4, -0.2) is 61.1 Å². The molecule has 1 N–H and O–H groups in total. The smallest absolute Gasteiger partial charge is 0.314 e. The first kappa shape index (κ1) is 14.7. The summed E-state index contributed by atoms with van der Waals surface area (Å²) in [5, 5.41) is 14.5. The average Bonchev–Trinajstić information content (AvgIpc) is 2.45. The molecule has 0 aliphatic carbocycles. The molecule has 0 aromatic carbocycles. The van der Waals surface area contributed by atoms with Crippen LogP contribution >= 0.6 is 0 Å². The van der Waals surface area contributed by atoms with Gasteiger partial charge in [-0.15, -0.1) is 0 Å². The Kier molecular flexibility index (Phi) is 4.86. The molecule has 0 saturated carbocycles. The summed E-state index contributed by atoms with van der Waals surface area (Å²) < 4.78 is 0. The van der Waals surface area contributed by atoms with E-state index in [1.807, 2.05) is 11.9 Å². The number of aryl methyl sites for hydroxylation is 1. The minimum Gasteiger partial charge on any atom is -0.353 e. The van der Waals surface area contributed by atoms with E-state index >= 15 is 0 Å². The van der Waals surface area contributed by atoms with Gasteiger partial charge < -0.3 is 10.2 Å². The molecule has 2 rings (SSSR count). The lowest BCUT2D eigenvalue weighted by Gasteiger charge is -2.29. The number of piperazine rings is 1. The predicted octanol–water partition coefficient (Wildman–Crippen LogP) is 0.640. The van der Waals surface area contributed by atoms with Gasteiger partial charge in [-0.2, -0.15) is 0 Å². The standard InChI is InChI=1S/C13H21N5O2/c1-11-3-4-15-13(12(11)18(19)20)16(2)9-10-17-7-5-14-6-8-17/h3-4,14H,5-10H2,1-2H3. The Morgan fingerprint density at radius 2 is 2.20 bits per heavy atom. The molecule has 0 spiro atoms. The molecule has 110 valence electrons. The second kappa shape index (κ2) is 6.62. The molecule has 0 radical (unpaired) electrons. The highest BCUT2D eigenvalue weighted by Crippen LogP contribution is 2.27. The lowest BCUT2D eigenvalue weighted by atomic mass is 10.2. The topological polar surface area (TPSA) is 74.5 Å². The van der Waals surface area contributed by atoms with Crippen LogP contribution in [0.25, 0.3) is 0 Å². The maximum Gasteiger partial charge on any atom is 0.314 e. The van der Waals surface area contributed by atoms with E-state index in [1.165, 1.54) is 0 Å². The lowest BCUT2D eigenvalue weighted by Crippen LogP contribution is -2.46. The Balaban J connectivity index is 2.03. The number of rotatable bonds is 5. The summed E-state index contributed by atoms with van der Waals surface area (Å²) in [6.07, 6.45) is 1.62. The van der Waals surface area contributed by atoms with Gasteiger partial charge in [0.1, 0.15) is 0 Å². The zero-order valence-corrected chi connectivity index (χ0v) is 12.0. The minimum absolute atomic E-state index is 0.107. The molecule has 1 saturated heterocycles. The highest BCUT2D eigenvalue weighted by molar-refractivity contribution is 5.61. The summed E-state index contributed by atoms with van der Waals surface area (Å²) >= 11 is 0. The normalized spacial score (nSPS) is 16.1. The van der Waals surface area contributed by atoms with Crippen LogP contribution in [0.4, 0.5) is 11.5 Å². The van der Waals surface area contributed by atoms with Gasteiger partial charge in [0, 0.05) is 58.1 Å². The number of nitrogens with one attached hydrogen (secondary N) is 1. The number of nitro groups is 1. The van der Waals surface area contributed by atoms with Crippen LogP contribution in [0.2, 0.25) is 0 Å². The zero-order chi connectivity index (χ0) is 14.5. The van der Waals surface area contributed by atoms with E-state index in [9.17, 15) is 10.1 Å². The highest BCUT2D eigenvalue weighted by Gasteiger charge is 2.22. The van der Waals surface area contributed by atoms with E-state index in [2.05, 4.69) is 15.2 Å². The Labute approximate surface area is 118 Å². The number of likely N-dealkylation sites (N-methyl/N-ethyl adjacent to an activating group) is 1. The minimum atomic E-state index is -0.348. The lowest BCUT2D eigenvalue weighted by molar-refractivity contribution is -0.384. The Hall–Kier alpha value is -1.73. The van der Waals surface area contributed by atoms with Crippen LogP contribution in [0, 0.1) is 17.0 Å². The van der Waals surface area contributed by atoms with Crippen molar-refractivity contribution < 1.29 is 4.92 Å². The van der Waals surface area contributed by atoms with E-state index < -0.39 is 0 Å². The molecular formula is C13H21N5O2. The van der Waals surface area contributed by atoms with Gasteiger partial charge in [0.05, 0.1) is 4.92 Å². The molecule has 1 aliphatic heterocycles. The van der Waals surface area contributed by atoms with E-state index in [1.54, 1.807) is 19.2 Å². The van der Waals surface area contributed by atoms with Gasteiger partial charge in [0.2, 0.25) is 5.82 Å². The molecule has 0 atom stereocenters. The molecule has 1 fully saturated rings. The summed E-state index contributed by atoms with van der Waals surface area (Å²) in [5.74, 6) is 0.449. The Morgan fingerprint density at radius 3 is 2.85 bits per heavy atom. The van der Waals surface area contributed by atoms with E-state index in [0.29, 0.717) is 11.4 Å². The summed E-state index contributed by atoms with van der Waals surface area (Å²) in [4.78, 5) is 19.2. The largest absolute Gasteiger partial charge is 0.353 e. The van der Waals surface area contributed by atoms with Gasteiger partial charge in [0.25, 0.3) is 0 Å². The van der Waals surface area contributed by atoms with Crippen LogP contribution in [-0.2, 0) is 0 Å². The molecule has 1 aromatic heterocycles. The van der Waals surface area contributed by atoms with E-state index in [0.717, 1.165) is 39.3 Å². The van der Waals surface area contributed by atoms with Crippen molar-refractivity contribution in [1.29, 1.82) is 0 Å². The van der Waals surface area contributed by atoms with Crippen molar-refractivity contribution in [1.82, 2.24) is 15.2 Å². The van der Waals surface area contributed by atoms with E-state index in [-0.39, 0.29) is 10.6 Å². The predicted molar refractivity (Wildman–Crippen MR) is 78.2 cm³/mol. The SMILES string of the molecule is Cc1ccnc(N(C)CCN2CCNCC2)c1[N+](=O)[O-]. The molecule has 0 amide bonds. The van der Waals surface area contributed by atoms with Crippen LogP contribution in [0.3, 0.4) is 0 Å². The second-order valence-corrected chi connectivity index (χ2v) is 5.07. The maximum atomic E-state index is 11.2. The number of aromatic nitrogens is 1. The van der Waals surface area contributed by atoms with Crippen molar-refractivity contribution in [2.75, 3.05) is 51.2 Å². The average molecular weight is 279 g/mol. The second-order valence-electron chi connectivity index (χ2n) is 5.07. The fourth-order valence-electron chi connectivity index (χ4n) is 2.37. The van der Waals surface area contributed by atoms with Gasteiger partial charge in [0.15, 0.2) is 0 Å². The van der Waals surface area contributed by atoms with Crippen LogP contribution in [0.1, 0.15) is 5.56 Å². The van der Waals surface area contributed by atoms with Crippen LogP contribution in [0.15, 0.2) is 12.3 Å². The van der Waals surface area contributed by atoms with Gasteiger partial charge in [-0.25, -0.2) is 4.98 Å². The summed E-state index contributed by atoms with van der Waals surface area (Å²) in [6.45, 7) is 7.43. The fraction of sp³-hybridized carbons (Fsp3) is 0.615. The molecular weight excluding hydrogens is 258 g/mol. The molecule has 20 heavy (non-hydrogen) atoms. The van der Waals surface area contributed by atoms with Crippen molar-refractivity contribution in [3.63, 3.8) is 0 Å². The number of hydrogen-bond donors (Lipinski definition) is 1. The fourth-order valence-corrected chi connectivity index (χ4v) is 2.37. The van der Waals surface area contributed by atoms with Gasteiger partial charge in [-0.3, -0.25) is 15.0 Å². The first-order chi connectivity index (χ1) is 9.59. The van der Waals surface area contributed by atoms with E-state index in [4.69, 9.17) is 0 Å². The van der Waals surface area contributed by atoms with Crippen molar-refractivity contribution in [2.24, 2.45) is 0 Å². The van der Waals surface area contributed by atoms with Crippen molar-refractivity contribution in [3.8, 4) is 0 Å². The first-order valence-electron chi connectivity index (χ1n) is 6.84. The first-order valence-corrected chi connectivity index (χ1v) is 6.84. The summed E-state index contributed by atoms with van der Waals surface area (Å²) in [6, 6.07) is 1.67. The van der Waals surface area contributed by atoms with Gasteiger partial charge >= 0.3 is 5.69 Å². The van der Waals surface area contributed by atoms with Gasteiger partial charge in [-0.1, -0.05) is 0 Å². The van der Waals surface area contributed by atoms with Crippen LogP contribution in [0.5, 0.6) is 0 Å². The summed E-state index contributed by atoms with van der Waals surface area (Å²) in [5.41, 5.74) is 0.754. The summed E-state index contributed by atoms with van der Waals surface area (Å²) in [7, 11) is 1.86. The number of nitrogens with zero attached hydrogens (tertiary/aromatic N) is 4. The molecule has 7 heteroatoms. The Morgan fingerprint density at radius 1 is 1.50 bits per heavy atom. The Bertz CT molecular complexity index is 474. The number of anilines is 1. The molecule has 0 unspecified atom stereocenters. The monoisotopic (exact) mass is 279 g/mol. The van der Waals surface area contributed by atoms with Crippen molar-refractivity contribution in [2.45, 2.75) is 6.92 Å². The molecule has 2 heterocycles. The van der Waals surface area contributed by atoms with Crippen molar-refractivity contribution >= 4 is 11.5 Å². The van der Waals surface area contributed by atoms with Crippen LogP contribution < -0.4 is 10.2 Å². The third-order valence-corrected chi connectivity index (χ3v) is 3.61. The third-order valence-electron chi connectivity index (χ3n) is 3.61. The zero-order valence-electron chi connectivity index (χ0n) is 12.0.